The average Bonchev–Trinajstić information content (AvgIpc) is 3.02. The number of hydrogen-bond acceptors (Lipinski definition) is 6. The van der Waals surface area contributed by atoms with Crippen molar-refractivity contribution in [1.29, 1.82) is 0 Å². The number of carbonyl (C=O) groups excluding carboxylic acids is 1. The number of carbonyl (C=O) groups is 1. The van der Waals surface area contributed by atoms with Gasteiger partial charge in [-0.3, -0.25) is 14.9 Å². The predicted molar refractivity (Wildman–Crippen MR) is 80.7 cm³/mol. The highest BCUT2D eigenvalue weighted by molar-refractivity contribution is 5.95. The van der Waals surface area contributed by atoms with Crippen molar-refractivity contribution in [3.63, 3.8) is 0 Å². The summed E-state index contributed by atoms with van der Waals surface area (Å²) in [5.41, 5.74) is 3.28. The Bertz CT molecular complexity index is 786. The number of rotatable bonds is 4. The van der Waals surface area contributed by atoms with Gasteiger partial charge in [0, 0.05) is 17.7 Å². The Balaban J connectivity index is 1.63. The van der Waals surface area contributed by atoms with Gasteiger partial charge in [0.15, 0.2) is 11.5 Å². The standard InChI is InChI=1S/C15H11N3O5/c19-15(11-2-4-12(5-3-11)18(20)21)17-16-8-10-1-6-13-14(7-10)23-9-22-13/h1-8H,9H2,(H,17,19)/b16-8+. The lowest BCUT2D eigenvalue weighted by molar-refractivity contribution is -0.384. The van der Waals surface area contributed by atoms with E-state index in [2.05, 4.69) is 10.5 Å². The van der Waals surface area contributed by atoms with Crippen molar-refractivity contribution < 1.29 is 19.2 Å². The minimum atomic E-state index is -0.528. The molecule has 0 radical (unpaired) electrons. The van der Waals surface area contributed by atoms with Gasteiger partial charge in [0.05, 0.1) is 11.1 Å². The number of ether oxygens (including phenoxy) is 2. The fraction of sp³-hybridized carbons (Fsp3) is 0.0667. The fourth-order valence-electron chi connectivity index (χ4n) is 1.96. The summed E-state index contributed by atoms with van der Waals surface area (Å²) in [6.45, 7) is 0.187. The summed E-state index contributed by atoms with van der Waals surface area (Å²) in [7, 11) is 0. The van der Waals surface area contributed by atoms with Crippen molar-refractivity contribution in [1.82, 2.24) is 5.43 Å². The second kappa shape index (κ2) is 6.14. The molecular formula is C15H11N3O5. The van der Waals surface area contributed by atoms with Gasteiger partial charge in [-0.05, 0) is 35.9 Å². The van der Waals surface area contributed by atoms with E-state index in [-0.39, 0.29) is 18.0 Å². The van der Waals surface area contributed by atoms with Crippen LogP contribution in [0.2, 0.25) is 0 Å². The molecule has 2 aromatic carbocycles. The molecule has 0 unspecified atom stereocenters. The smallest absolute Gasteiger partial charge is 0.271 e. The second-order valence-corrected chi connectivity index (χ2v) is 4.62. The third-order valence-electron chi connectivity index (χ3n) is 3.12. The maximum absolute atomic E-state index is 11.9. The van der Waals surface area contributed by atoms with Crippen molar-refractivity contribution in [3.05, 3.63) is 63.7 Å². The highest BCUT2D eigenvalue weighted by Gasteiger charge is 2.12. The van der Waals surface area contributed by atoms with Gasteiger partial charge in [0.1, 0.15) is 0 Å². The van der Waals surface area contributed by atoms with Gasteiger partial charge in [0.25, 0.3) is 11.6 Å². The van der Waals surface area contributed by atoms with E-state index in [4.69, 9.17) is 9.47 Å². The molecule has 0 fully saturated rings. The van der Waals surface area contributed by atoms with Crippen LogP contribution in [0.5, 0.6) is 11.5 Å². The van der Waals surface area contributed by atoms with Gasteiger partial charge in [0.2, 0.25) is 6.79 Å². The van der Waals surface area contributed by atoms with Crippen molar-refractivity contribution in [2.75, 3.05) is 6.79 Å². The lowest BCUT2D eigenvalue weighted by Crippen LogP contribution is -2.17. The molecule has 1 aliphatic heterocycles. The number of non-ortho nitro benzene ring substituents is 1. The maximum Gasteiger partial charge on any atom is 0.271 e. The van der Waals surface area contributed by atoms with E-state index < -0.39 is 10.8 Å². The normalized spacial score (nSPS) is 12.3. The Kier molecular flexibility index (Phi) is 3.88. The van der Waals surface area contributed by atoms with Crippen molar-refractivity contribution >= 4 is 17.8 Å². The lowest BCUT2D eigenvalue weighted by Gasteiger charge is -2.00. The van der Waals surface area contributed by atoms with E-state index in [1.165, 1.54) is 30.5 Å². The van der Waals surface area contributed by atoms with Gasteiger partial charge in [-0.25, -0.2) is 5.43 Å². The van der Waals surface area contributed by atoms with Crippen LogP contribution < -0.4 is 14.9 Å². The van der Waals surface area contributed by atoms with Crippen molar-refractivity contribution in [2.24, 2.45) is 5.10 Å². The van der Waals surface area contributed by atoms with Crippen LogP contribution in [-0.2, 0) is 0 Å². The zero-order valence-corrected chi connectivity index (χ0v) is 11.8. The number of amides is 1. The number of hydrazone groups is 1. The highest BCUT2D eigenvalue weighted by atomic mass is 16.7. The lowest BCUT2D eigenvalue weighted by atomic mass is 10.2. The zero-order chi connectivity index (χ0) is 16.2. The molecule has 8 heteroatoms. The molecule has 1 N–H and O–H groups in total. The van der Waals surface area contributed by atoms with Crippen LogP contribution in [0, 0.1) is 10.1 Å². The van der Waals surface area contributed by atoms with Gasteiger partial charge in [-0.15, -0.1) is 0 Å². The minimum Gasteiger partial charge on any atom is -0.454 e. The van der Waals surface area contributed by atoms with E-state index in [0.29, 0.717) is 11.5 Å². The van der Waals surface area contributed by atoms with Crippen LogP contribution in [0.4, 0.5) is 5.69 Å². The number of hydrogen-bond donors (Lipinski definition) is 1. The molecule has 1 heterocycles. The highest BCUT2D eigenvalue weighted by Crippen LogP contribution is 2.31. The minimum absolute atomic E-state index is 0.0783. The Morgan fingerprint density at radius 2 is 1.91 bits per heavy atom. The van der Waals surface area contributed by atoms with Gasteiger partial charge < -0.3 is 9.47 Å². The SMILES string of the molecule is O=C(N/N=C/c1ccc2c(c1)OCO2)c1ccc([N+](=O)[O-])cc1. The molecule has 0 spiro atoms. The van der Waals surface area contributed by atoms with Crippen molar-refractivity contribution in [2.45, 2.75) is 0 Å². The quantitative estimate of drug-likeness (QED) is 0.529. The van der Waals surface area contributed by atoms with Crippen LogP contribution in [-0.4, -0.2) is 23.8 Å². The number of fused-ring (bicyclic) bond motifs is 1. The molecule has 1 amide bonds. The summed E-state index contributed by atoms with van der Waals surface area (Å²) in [6, 6.07) is 10.5. The molecule has 0 atom stereocenters. The molecule has 0 aromatic heterocycles. The first-order chi connectivity index (χ1) is 11.1. The van der Waals surface area contributed by atoms with E-state index in [1.807, 2.05) is 0 Å². The summed E-state index contributed by atoms with van der Waals surface area (Å²) in [5, 5.41) is 14.4. The number of nitro benzene ring substituents is 1. The van der Waals surface area contributed by atoms with Gasteiger partial charge in [-0.2, -0.15) is 5.10 Å². The molecule has 0 saturated carbocycles. The molecule has 23 heavy (non-hydrogen) atoms. The number of benzene rings is 2. The number of nitrogens with one attached hydrogen (secondary N) is 1. The van der Waals surface area contributed by atoms with Crippen LogP contribution in [0.15, 0.2) is 47.6 Å². The molecule has 0 saturated heterocycles. The Labute approximate surface area is 130 Å². The van der Waals surface area contributed by atoms with Crippen LogP contribution in [0.25, 0.3) is 0 Å². The third-order valence-corrected chi connectivity index (χ3v) is 3.12. The topological polar surface area (TPSA) is 103 Å². The first kappa shape index (κ1) is 14.5. The van der Waals surface area contributed by atoms with E-state index >= 15 is 0 Å². The number of nitro groups is 1. The molecule has 116 valence electrons. The monoisotopic (exact) mass is 313 g/mol. The molecule has 2 aromatic rings. The fourth-order valence-corrected chi connectivity index (χ4v) is 1.96. The summed E-state index contributed by atoms with van der Waals surface area (Å²) < 4.78 is 10.4. The molecule has 0 bridgehead atoms. The Hall–Kier alpha value is -3.42. The Morgan fingerprint density at radius 1 is 1.17 bits per heavy atom. The first-order valence-corrected chi connectivity index (χ1v) is 6.61. The summed E-state index contributed by atoms with van der Waals surface area (Å²) >= 11 is 0. The summed E-state index contributed by atoms with van der Waals surface area (Å²) in [5.74, 6) is 0.824. The average molecular weight is 313 g/mol. The van der Waals surface area contributed by atoms with Gasteiger partial charge in [-0.1, -0.05) is 0 Å². The largest absolute Gasteiger partial charge is 0.454 e. The molecule has 3 rings (SSSR count). The van der Waals surface area contributed by atoms with Crippen LogP contribution >= 0.6 is 0 Å². The van der Waals surface area contributed by atoms with Gasteiger partial charge >= 0.3 is 0 Å². The van der Waals surface area contributed by atoms with Crippen LogP contribution in [0.1, 0.15) is 15.9 Å². The zero-order valence-electron chi connectivity index (χ0n) is 11.8. The second-order valence-electron chi connectivity index (χ2n) is 4.62. The predicted octanol–water partition coefficient (Wildman–Crippen LogP) is 2.09. The molecule has 0 aliphatic carbocycles. The Morgan fingerprint density at radius 3 is 2.65 bits per heavy atom. The van der Waals surface area contributed by atoms with Crippen molar-refractivity contribution in [3.8, 4) is 11.5 Å². The molecule has 8 nitrogen and oxygen atoms in total. The molecular weight excluding hydrogens is 302 g/mol. The summed E-state index contributed by atoms with van der Waals surface area (Å²) in [6.07, 6.45) is 1.46. The van der Waals surface area contributed by atoms with E-state index in [9.17, 15) is 14.9 Å². The van der Waals surface area contributed by atoms with E-state index in [1.54, 1.807) is 18.2 Å². The number of nitrogens with zero attached hydrogens (tertiary/aromatic N) is 2. The van der Waals surface area contributed by atoms with Crippen LogP contribution in [0.3, 0.4) is 0 Å². The molecule has 1 aliphatic rings. The third kappa shape index (κ3) is 3.26. The summed E-state index contributed by atoms with van der Waals surface area (Å²) in [4.78, 5) is 21.9. The first-order valence-electron chi connectivity index (χ1n) is 6.61. The van der Waals surface area contributed by atoms with E-state index in [0.717, 1.165) is 5.56 Å². The maximum atomic E-state index is 11.9.